The van der Waals surface area contributed by atoms with E-state index in [1.165, 1.54) is 16.7 Å². The van der Waals surface area contributed by atoms with Gasteiger partial charge < -0.3 is 47.4 Å². The van der Waals surface area contributed by atoms with E-state index in [2.05, 4.69) is 129 Å². The second-order valence-electron chi connectivity index (χ2n) is 27.7. The maximum absolute atomic E-state index is 14.9. The summed E-state index contributed by atoms with van der Waals surface area (Å²) in [5, 5.41) is 45.2. The van der Waals surface area contributed by atoms with Crippen molar-refractivity contribution < 1.29 is 24.0 Å². The highest BCUT2D eigenvalue weighted by atomic mass is 16.2. The van der Waals surface area contributed by atoms with Gasteiger partial charge in [0.2, 0.25) is 29.5 Å². The van der Waals surface area contributed by atoms with Gasteiger partial charge in [-0.2, -0.15) is 0 Å². The summed E-state index contributed by atoms with van der Waals surface area (Å²) >= 11 is 0. The van der Waals surface area contributed by atoms with E-state index in [-0.39, 0.29) is 71.6 Å². The fourth-order valence-electron chi connectivity index (χ4n) is 15.5. The van der Waals surface area contributed by atoms with Crippen LogP contribution < -0.4 is 42.5 Å². The number of nitrogens with one attached hydrogen (secondary N) is 8. The summed E-state index contributed by atoms with van der Waals surface area (Å²) in [4.78, 5) is 75.7. The van der Waals surface area contributed by atoms with Gasteiger partial charge in [0.1, 0.15) is 23.5 Å². The average Bonchev–Trinajstić information content (AvgIpc) is 1.66. The number of benzene rings is 5. The number of aromatic nitrogens is 6. The van der Waals surface area contributed by atoms with Crippen LogP contribution in [0, 0.1) is 11.8 Å². The smallest absolute Gasteiger partial charge is 0.246 e. The summed E-state index contributed by atoms with van der Waals surface area (Å²) in [6.45, 7) is 8.65. The Bertz CT molecular complexity index is 3640. The molecule has 526 valence electrons. The van der Waals surface area contributed by atoms with Crippen LogP contribution in [0.2, 0.25) is 0 Å². The molecule has 6 heterocycles. The van der Waals surface area contributed by atoms with Gasteiger partial charge in [0, 0.05) is 69.9 Å². The van der Waals surface area contributed by atoms with Crippen LogP contribution in [0.15, 0.2) is 158 Å². The third kappa shape index (κ3) is 19.1. The number of nitrogens with zero attached hydrogens (tertiary/aromatic N) is 8. The lowest BCUT2D eigenvalue weighted by atomic mass is 9.92. The molecule has 5 aromatic carbocycles. The molecule has 21 nitrogen and oxygen atoms in total. The minimum Gasteiger partial charge on any atom is -0.350 e. The molecule has 11 rings (SSSR count). The summed E-state index contributed by atoms with van der Waals surface area (Å²) in [5.74, 6) is -0.647. The first-order valence-corrected chi connectivity index (χ1v) is 36.6. The normalized spacial score (nSPS) is 22.1. The SMILES string of the molecule is CC[C@H](NC)C(=O)N[C@@H]1C(=O)N2[C@@H](CC[C@@H]1CNCc1ccccc1)CC[C@H]2C(=O)N[C@@H](c1ccccc1)c1cn(CCCCc2ccc(CCCCn3cc([C@@H](NC(=O)[C@@H]4CC[C@@H]5CC[C@H](CNCc6ccccc6)[C@H](NC(=O)[C@H](CC)NC)CN54)c4ccccc4)nn3)cc2)nn1. The fraction of sp³-hybridized carbons (Fsp3) is 0.500. The summed E-state index contributed by atoms with van der Waals surface area (Å²) < 4.78 is 3.75. The summed E-state index contributed by atoms with van der Waals surface area (Å²) in [5.41, 5.74) is 8.06. The van der Waals surface area contributed by atoms with E-state index in [1.54, 1.807) is 11.9 Å². The molecule has 2 aromatic heterocycles. The number of carbonyl (C=O) groups is 5. The number of hydrogen-bond acceptors (Lipinski definition) is 14. The molecule has 4 aliphatic rings. The molecular formula is C78H104N16O5. The lowest BCUT2D eigenvalue weighted by Gasteiger charge is -2.33. The second-order valence-corrected chi connectivity index (χ2v) is 27.7. The summed E-state index contributed by atoms with van der Waals surface area (Å²) in [6, 6.07) is 45.7. The minimum atomic E-state index is -0.787. The number of amides is 5. The lowest BCUT2D eigenvalue weighted by molar-refractivity contribution is -0.143. The largest absolute Gasteiger partial charge is 0.350 e. The zero-order chi connectivity index (χ0) is 68.9. The zero-order valence-corrected chi connectivity index (χ0v) is 58.3. The summed E-state index contributed by atoms with van der Waals surface area (Å²) in [7, 11) is 3.59. The molecule has 0 aliphatic carbocycles. The molecule has 7 aromatic rings. The van der Waals surface area contributed by atoms with E-state index in [4.69, 9.17) is 0 Å². The Morgan fingerprint density at radius 2 is 0.939 bits per heavy atom. The zero-order valence-electron chi connectivity index (χ0n) is 58.3. The third-order valence-electron chi connectivity index (χ3n) is 21.2. The summed E-state index contributed by atoms with van der Waals surface area (Å²) in [6.07, 6.45) is 17.1. The molecule has 0 radical (unpaired) electrons. The van der Waals surface area contributed by atoms with Gasteiger partial charge in [0.15, 0.2) is 0 Å². The Hall–Kier alpha value is -8.47. The first-order chi connectivity index (χ1) is 48.5. The van der Waals surface area contributed by atoms with Crippen LogP contribution in [-0.4, -0.2) is 151 Å². The Kier molecular flexibility index (Phi) is 26.1. The topological polar surface area (TPSA) is 249 Å². The van der Waals surface area contributed by atoms with Gasteiger partial charge in [0.25, 0.3) is 0 Å². The van der Waals surface area contributed by atoms with Crippen LogP contribution >= 0.6 is 0 Å². The standard InChI is InChI=1S/C78H104N16O5/c1-5-64(79-3)74(95)83-66-53-93-62(39-37-60(66)49-81-47-56-25-11-7-12-26-56)41-43-69(93)76(97)84-71(58-29-15-9-16-30-58)67-51-91(89-87-67)45-21-19-23-54-33-35-55(36-34-54)24-20-22-46-92-52-68(88-90-92)72(59-31-17-10-18-32-59)85-77(98)70-44-42-63-40-38-61(50-82-48-57-27-13-8-14-28-57)73(78(99)94(63)70)86-75(96)65(6-2)80-4/h7-18,25-36,51-52,60-66,69-73,79-82H,5-6,19-24,37-50,53H2,1-4H3,(H,83,95)(H,84,97)(H,85,98)(H,86,96)/t60-,61-,62+,63+,64+,65+,66-,69+,70+,71+,72+,73+/m1/s1. The Morgan fingerprint density at radius 3 is 1.45 bits per heavy atom. The van der Waals surface area contributed by atoms with E-state index in [0.717, 1.165) is 107 Å². The monoisotopic (exact) mass is 1340 g/mol. The van der Waals surface area contributed by atoms with Crippen LogP contribution in [0.1, 0.15) is 161 Å². The van der Waals surface area contributed by atoms with Crippen molar-refractivity contribution in [2.24, 2.45) is 11.8 Å². The third-order valence-corrected chi connectivity index (χ3v) is 21.2. The molecule has 0 saturated carbocycles. The molecule has 12 atom stereocenters. The quantitative estimate of drug-likeness (QED) is 0.0179. The minimum absolute atomic E-state index is 0.00195. The predicted molar refractivity (Wildman–Crippen MR) is 384 cm³/mol. The van der Waals surface area contributed by atoms with E-state index in [0.29, 0.717) is 69.8 Å². The molecule has 0 spiro atoms. The van der Waals surface area contributed by atoms with Crippen molar-refractivity contribution in [2.75, 3.05) is 33.7 Å². The number of likely N-dealkylation sites (N-methyl/N-ethyl adjacent to an activating group) is 2. The highest BCUT2D eigenvalue weighted by molar-refractivity contribution is 5.94. The number of unbranched alkanes of at least 4 members (excludes halogenated alkanes) is 2. The molecule has 4 saturated heterocycles. The number of rotatable bonds is 34. The molecule has 5 amide bonds. The number of carbonyl (C=O) groups excluding carboxylic acids is 5. The Labute approximate surface area is 584 Å². The average molecular weight is 1350 g/mol. The van der Waals surface area contributed by atoms with E-state index >= 15 is 0 Å². The first-order valence-electron chi connectivity index (χ1n) is 36.6. The molecule has 4 aliphatic heterocycles. The molecular weight excluding hydrogens is 1240 g/mol. The Balaban J connectivity index is 0.644. The van der Waals surface area contributed by atoms with Gasteiger partial charge >= 0.3 is 0 Å². The van der Waals surface area contributed by atoms with Crippen LogP contribution in [0.4, 0.5) is 0 Å². The van der Waals surface area contributed by atoms with Gasteiger partial charge in [-0.25, -0.2) is 0 Å². The maximum atomic E-state index is 14.9. The second kappa shape index (κ2) is 36.0. The highest BCUT2D eigenvalue weighted by Crippen LogP contribution is 2.37. The van der Waals surface area contributed by atoms with E-state index in [1.807, 2.05) is 128 Å². The fourth-order valence-corrected chi connectivity index (χ4v) is 15.5. The van der Waals surface area contributed by atoms with Crippen molar-refractivity contribution in [3.63, 3.8) is 0 Å². The molecule has 0 bridgehead atoms. The van der Waals surface area contributed by atoms with Crippen molar-refractivity contribution in [2.45, 2.75) is 203 Å². The number of hydrogen-bond donors (Lipinski definition) is 8. The van der Waals surface area contributed by atoms with Gasteiger partial charge in [-0.3, -0.25) is 38.2 Å². The van der Waals surface area contributed by atoms with E-state index in [9.17, 15) is 24.0 Å². The van der Waals surface area contributed by atoms with Crippen LogP contribution in [0.5, 0.6) is 0 Å². The molecule has 99 heavy (non-hydrogen) atoms. The van der Waals surface area contributed by atoms with E-state index < -0.39 is 30.2 Å². The van der Waals surface area contributed by atoms with Crippen LogP contribution in [-0.2, 0) is 63.0 Å². The van der Waals surface area contributed by atoms with Crippen LogP contribution in [0.3, 0.4) is 0 Å². The number of fused-ring (bicyclic) bond motifs is 2. The molecule has 0 unspecified atom stereocenters. The van der Waals surface area contributed by atoms with Gasteiger partial charge in [-0.05, 0) is 156 Å². The van der Waals surface area contributed by atoms with Gasteiger partial charge in [0.05, 0.1) is 42.6 Å². The van der Waals surface area contributed by atoms with Crippen LogP contribution in [0.25, 0.3) is 0 Å². The van der Waals surface area contributed by atoms with Gasteiger partial charge in [-0.15, -0.1) is 10.2 Å². The number of aryl methyl sites for hydroxylation is 4. The van der Waals surface area contributed by atoms with Crippen molar-refractivity contribution >= 4 is 29.5 Å². The Morgan fingerprint density at radius 1 is 0.495 bits per heavy atom. The van der Waals surface area contributed by atoms with Crippen molar-refractivity contribution in [1.82, 2.24) is 82.3 Å². The molecule has 4 fully saturated rings. The maximum Gasteiger partial charge on any atom is 0.246 e. The molecule has 21 heteroatoms. The van der Waals surface area contributed by atoms with Crippen molar-refractivity contribution in [3.8, 4) is 0 Å². The first kappa shape index (κ1) is 71.8. The predicted octanol–water partition coefficient (Wildman–Crippen LogP) is 7.88. The highest BCUT2D eigenvalue weighted by Gasteiger charge is 2.49. The lowest BCUT2D eigenvalue weighted by Crippen LogP contribution is -2.59. The molecule has 8 N–H and O–H groups in total. The van der Waals surface area contributed by atoms with Crippen molar-refractivity contribution in [1.29, 1.82) is 0 Å². The van der Waals surface area contributed by atoms with Gasteiger partial charge in [-0.1, -0.05) is 170 Å². The van der Waals surface area contributed by atoms with Crippen molar-refractivity contribution in [3.05, 3.63) is 203 Å².